The number of nitro benzene ring substituents is 1. The monoisotopic (exact) mass is 389 g/mol. The first-order valence-corrected chi connectivity index (χ1v) is 9.28. The van der Waals surface area contributed by atoms with Crippen molar-refractivity contribution in [3.05, 3.63) is 82.7 Å². The third kappa shape index (κ3) is 4.06. The fourth-order valence-electron chi connectivity index (χ4n) is 3.36. The Kier molecular flexibility index (Phi) is 5.15. The molecule has 8 nitrogen and oxygen atoms in total. The zero-order chi connectivity index (χ0) is 20.2. The highest BCUT2D eigenvalue weighted by molar-refractivity contribution is 5.95. The number of piperazine rings is 1. The number of carbonyl (C=O) groups excluding carboxylic acids is 1. The van der Waals surface area contributed by atoms with E-state index in [1.54, 1.807) is 17.3 Å². The Morgan fingerprint density at radius 1 is 0.931 bits per heavy atom. The molecule has 1 saturated heterocycles. The molecule has 8 heteroatoms. The van der Waals surface area contributed by atoms with Crippen molar-refractivity contribution in [1.29, 1.82) is 0 Å². The highest BCUT2D eigenvalue weighted by Gasteiger charge is 2.24. The van der Waals surface area contributed by atoms with Crippen molar-refractivity contribution in [3.8, 4) is 11.3 Å². The SMILES string of the molecule is O=C(c1cccc([N+](=O)[O-])c1)N1CCN(c2cc(-c3ccccc3)ncn2)CC1. The van der Waals surface area contributed by atoms with Gasteiger partial charge < -0.3 is 9.80 Å². The lowest BCUT2D eigenvalue weighted by molar-refractivity contribution is -0.384. The summed E-state index contributed by atoms with van der Waals surface area (Å²) >= 11 is 0. The smallest absolute Gasteiger partial charge is 0.270 e. The molecule has 1 fully saturated rings. The molecular weight excluding hydrogens is 370 g/mol. The molecule has 0 saturated carbocycles. The van der Waals surface area contributed by atoms with Crippen LogP contribution in [0.3, 0.4) is 0 Å². The molecule has 0 N–H and O–H groups in total. The second kappa shape index (κ2) is 8.05. The highest BCUT2D eigenvalue weighted by atomic mass is 16.6. The van der Waals surface area contributed by atoms with Gasteiger partial charge in [0.05, 0.1) is 10.6 Å². The number of carbonyl (C=O) groups is 1. The van der Waals surface area contributed by atoms with Gasteiger partial charge in [0, 0.05) is 55.5 Å². The highest BCUT2D eigenvalue weighted by Crippen LogP contribution is 2.22. The Morgan fingerprint density at radius 3 is 2.41 bits per heavy atom. The van der Waals surface area contributed by atoms with Crippen molar-refractivity contribution < 1.29 is 9.72 Å². The van der Waals surface area contributed by atoms with E-state index in [1.165, 1.54) is 18.2 Å². The van der Waals surface area contributed by atoms with E-state index in [9.17, 15) is 14.9 Å². The van der Waals surface area contributed by atoms with E-state index < -0.39 is 4.92 Å². The molecule has 0 spiro atoms. The molecule has 1 aliphatic rings. The van der Waals surface area contributed by atoms with E-state index in [2.05, 4.69) is 14.9 Å². The summed E-state index contributed by atoms with van der Waals surface area (Å²) in [5.74, 6) is 0.627. The van der Waals surface area contributed by atoms with Crippen molar-refractivity contribution in [2.75, 3.05) is 31.1 Å². The summed E-state index contributed by atoms with van der Waals surface area (Å²) in [6.45, 7) is 2.30. The molecule has 0 unspecified atom stereocenters. The maximum atomic E-state index is 12.7. The van der Waals surface area contributed by atoms with Crippen molar-refractivity contribution in [2.24, 2.45) is 0 Å². The average Bonchev–Trinajstić information content (AvgIpc) is 2.79. The van der Waals surface area contributed by atoms with E-state index in [0.29, 0.717) is 31.7 Å². The van der Waals surface area contributed by atoms with Crippen LogP contribution in [0.2, 0.25) is 0 Å². The van der Waals surface area contributed by atoms with Gasteiger partial charge in [0.15, 0.2) is 0 Å². The van der Waals surface area contributed by atoms with Crippen LogP contribution < -0.4 is 4.90 Å². The maximum absolute atomic E-state index is 12.7. The van der Waals surface area contributed by atoms with E-state index in [0.717, 1.165) is 17.1 Å². The summed E-state index contributed by atoms with van der Waals surface area (Å²) in [5, 5.41) is 10.9. The predicted octanol–water partition coefficient (Wildman–Crippen LogP) is 3.01. The normalized spacial score (nSPS) is 13.9. The first-order chi connectivity index (χ1) is 14.1. The molecule has 2 aromatic carbocycles. The number of anilines is 1. The van der Waals surface area contributed by atoms with Crippen LogP contribution in [0.4, 0.5) is 11.5 Å². The van der Waals surface area contributed by atoms with Gasteiger partial charge in [-0.3, -0.25) is 14.9 Å². The van der Waals surface area contributed by atoms with Crippen LogP contribution in [0.15, 0.2) is 67.0 Å². The Labute approximate surface area is 167 Å². The standard InChI is InChI=1S/C21H19N5O3/c27-21(17-7-4-8-18(13-17)26(28)29)25-11-9-24(10-12-25)20-14-19(22-15-23-20)16-5-2-1-3-6-16/h1-8,13-15H,9-12H2. The summed E-state index contributed by atoms with van der Waals surface area (Å²) in [4.78, 5) is 35.7. The number of hydrogen-bond acceptors (Lipinski definition) is 6. The molecule has 0 radical (unpaired) electrons. The van der Waals surface area contributed by atoms with E-state index in [-0.39, 0.29) is 11.6 Å². The number of nitro groups is 1. The molecular formula is C21H19N5O3. The minimum absolute atomic E-state index is 0.0797. The molecule has 0 bridgehead atoms. The van der Waals surface area contributed by atoms with Crippen molar-refractivity contribution in [2.45, 2.75) is 0 Å². The summed E-state index contributed by atoms with van der Waals surface area (Å²) < 4.78 is 0. The van der Waals surface area contributed by atoms with Gasteiger partial charge >= 0.3 is 0 Å². The molecule has 0 aliphatic carbocycles. The molecule has 1 amide bonds. The molecule has 3 aromatic rings. The number of non-ortho nitro benzene ring substituents is 1. The molecule has 1 aromatic heterocycles. The minimum Gasteiger partial charge on any atom is -0.353 e. The number of rotatable bonds is 4. The van der Waals surface area contributed by atoms with E-state index >= 15 is 0 Å². The summed E-state index contributed by atoms with van der Waals surface area (Å²) in [7, 11) is 0. The third-order valence-electron chi connectivity index (χ3n) is 4.92. The van der Waals surface area contributed by atoms with Gasteiger partial charge in [-0.15, -0.1) is 0 Å². The van der Waals surface area contributed by atoms with Gasteiger partial charge in [0.25, 0.3) is 11.6 Å². The maximum Gasteiger partial charge on any atom is 0.270 e. The van der Waals surface area contributed by atoms with Crippen LogP contribution >= 0.6 is 0 Å². The molecule has 1 aliphatic heterocycles. The molecule has 29 heavy (non-hydrogen) atoms. The first kappa shape index (κ1) is 18.5. The van der Waals surface area contributed by atoms with Gasteiger partial charge in [-0.1, -0.05) is 36.4 Å². The van der Waals surface area contributed by atoms with Crippen LogP contribution in [0.1, 0.15) is 10.4 Å². The van der Waals surface area contributed by atoms with Gasteiger partial charge in [0.1, 0.15) is 12.1 Å². The van der Waals surface area contributed by atoms with Crippen LogP contribution in [-0.2, 0) is 0 Å². The van der Waals surface area contributed by atoms with Crippen molar-refractivity contribution in [3.63, 3.8) is 0 Å². The van der Waals surface area contributed by atoms with Crippen molar-refractivity contribution >= 4 is 17.4 Å². The van der Waals surface area contributed by atoms with Gasteiger partial charge in [0.2, 0.25) is 0 Å². The van der Waals surface area contributed by atoms with Crippen molar-refractivity contribution in [1.82, 2.24) is 14.9 Å². The van der Waals surface area contributed by atoms with E-state index in [4.69, 9.17) is 0 Å². The Hall–Kier alpha value is -3.81. The number of hydrogen-bond donors (Lipinski definition) is 0. The van der Waals surface area contributed by atoms with Crippen LogP contribution in [0.25, 0.3) is 11.3 Å². The van der Waals surface area contributed by atoms with Crippen LogP contribution in [0, 0.1) is 10.1 Å². The lowest BCUT2D eigenvalue weighted by Crippen LogP contribution is -2.49. The van der Waals surface area contributed by atoms with Crippen LogP contribution in [-0.4, -0.2) is 51.9 Å². The minimum atomic E-state index is -0.492. The number of benzene rings is 2. The third-order valence-corrected chi connectivity index (χ3v) is 4.92. The average molecular weight is 389 g/mol. The molecule has 4 rings (SSSR count). The van der Waals surface area contributed by atoms with Gasteiger partial charge in [-0.05, 0) is 6.07 Å². The lowest BCUT2D eigenvalue weighted by Gasteiger charge is -2.35. The Balaban J connectivity index is 1.44. The van der Waals surface area contributed by atoms with Crippen LogP contribution in [0.5, 0.6) is 0 Å². The van der Waals surface area contributed by atoms with Gasteiger partial charge in [-0.25, -0.2) is 9.97 Å². The number of nitrogens with zero attached hydrogens (tertiary/aromatic N) is 5. The zero-order valence-electron chi connectivity index (χ0n) is 15.6. The summed E-state index contributed by atoms with van der Waals surface area (Å²) in [6.07, 6.45) is 1.55. The second-order valence-corrected chi connectivity index (χ2v) is 6.71. The zero-order valence-corrected chi connectivity index (χ0v) is 15.6. The Bertz CT molecular complexity index is 1030. The van der Waals surface area contributed by atoms with E-state index in [1.807, 2.05) is 36.4 Å². The number of aromatic nitrogens is 2. The quantitative estimate of drug-likeness (QED) is 0.503. The lowest BCUT2D eigenvalue weighted by atomic mass is 10.1. The summed E-state index contributed by atoms with van der Waals surface area (Å²) in [6, 6.07) is 17.7. The fraction of sp³-hybridized carbons (Fsp3) is 0.190. The first-order valence-electron chi connectivity index (χ1n) is 9.28. The fourth-order valence-corrected chi connectivity index (χ4v) is 3.36. The molecule has 146 valence electrons. The topological polar surface area (TPSA) is 92.5 Å². The summed E-state index contributed by atoms with van der Waals surface area (Å²) in [5.41, 5.74) is 2.13. The second-order valence-electron chi connectivity index (χ2n) is 6.71. The number of amides is 1. The largest absolute Gasteiger partial charge is 0.353 e. The molecule has 2 heterocycles. The molecule has 0 atom stereocenters. The Morgan fingerprint density at radius 2 is 1.69 bits per heavy atom. The predicted molar refractivity (Wildman–Crippen MR) is 109 cm³/mol. The van der Waals surface area contributed by atoms with Gasteiger partial charge in [-0.2, -0.15) is 0 Å².